The van der Waals surface area contributed by atoms with Gasteiger partial charge in [0, 0.05) is 5.39 Å². The lowest BCUT2D eigenvalue weighted by atomic mass is 10.1. The number of hydrogen-bond donors (Lipinski definition) is 1. The van der Waals surface area contributed by atoms with Crippen LogP contribution in [-0.2, 0) is 6.54 Å². The number of nitrogens with one attached hydrogen (secondary N) is 1. The Bertz CT molecular complexity index is 516. The molecule has 0 amide bonds. The van der Waals surface area contributed by atoms with Gasteiger partial charge < -0.3 is 9.73 Å². The fourth-order valence-corrected chi connectivity index (χ4v) is 1.91. The largest absolute Gasteiger partial charge is 0.459 e. The van der Waals surface area contributed by atoms with Crippen LogP contribution in [0.25, 0.3) is 11.0 Å². The third-order valence-electron chi connectivity index (χ3n) is 2.67. The third-order valence-corrected chi connectivity index (χ3v) is 2.67. The van der Waals surface area contributed by atoms with Gasteiger partial charge in [0.2, 0.25) is 0 Å². The van der Waals surface area contributed by atoms with Crippen LogP contribution in [0.3, 0.4) is 0 Å². The molecule has 1 N–H and O–H groups in total. The zero-order chi connectivity index (χ0) is 12.4. The van der Waals surface area contributed by atoms with Crippen LogP contribution in [0.5, 0.6) is 0 Å². The SMILES string of the molecule is Cc1cc(F)cc2cc(CNCC(C)C)oc12. The Morgan fingerprint density at radius 3 is 2.76 bits per heavy atom. The summed E-state index contributed by atoms with van der Waals surface area (Å²) < 4.78 is 18.9. The summed E-state index contributed by atoms with van der Waals surface area (Å²) in [7, 11) is 0. The maximum atomic E-state index is 13.2. The van der Waals surface area contributed by atoms with E-state index < -0.39 is 0 Å². The fraction of sp³-hybridized carbons (Fsp3) is 0.429. The Labute approximate surface area is 101 Å². The predicted molar refractivity (Wildman–Crippen MR) is 67.5 cm³/mol. The van der Waals surface area contributed by atoms with Gasteiger partial charge in [-0.1, -0.05) is 13.8 Å². The van der Waals surface area contributed by atoms with Gasteiger partial charge in [-0.05, 0) is 43.1 Å². The standard InChI is InChI=1S/C14H18FNO/c1-9(2)7-16-8-13-6-11-5-12(15)4-10(3)14(11)17-13/h4-6,9,16H,7-8H2,1-3H3. The van der Waals surface area contributed by atoms with E-state index in [0.29, 0.717) is 12.5 Å². The molecule has 0 fully saturated rings. The Morgan fingerprint density at radius 2 is 2.06 bits per heavy atom. The summed E-state index contributed by atoms with van der Waals surface area (Å²) in [6, 6.07) is 4.91. The van der Waals surface area contributed by atoms with Gasteiger partial charge in [-0.25, -0.2) is 4.39 Å². The molecular formula is C14H18FNO. The lowest BCUT2D eigenvalue weighted by Gasteiger charge is -2.04. The normalized spacial score (nSPS) is 11.6. The molecule has 3 heteroatoms. The molecule has 2 aromatic rings. The molecule has 1 aromatic heterocycles. The van der Waals surface area contributed by atoms with Gasteiger partial charge in [-0.2, -0.15) is 0 Å². The molecule has 0 aliphatic carbocycles. The number of fused-ring (bicyclic) bond motifs is 1. The van der Waals surface area contributed by atoms with Gasteiger partial charge in [0.15, 0.2) is 0 Å². The van der Waals surface area contributed by atoms with Crippen molar-refractivity contribution in [3.63, 3.8) is 0 Å². The number of furan rings is 1. The first-order valence-electron chi connectivity index (χ1n) is 5.95. The molecular weight excluding hydrogens is 217 g/mol. The van der Waals surface area contributed by atoms with Crippen LogP contribution in [0.4, 0.5) is 4.39 Å². The summed E-state index contributed by atoms with van der Waals surface area (Å²) >= 11 is 0. The van der Waals surface area contributed by atoms with E-state index in [4.69, 9.17) is 4.42 Å². The van der Waals surface area contributed by atoms with Crippen molar-refractivity contribution in [2.24, 2.45) is 5.92 Å². The Hall–Kier alpha value is -1.35. The quantitative estimate of drug-likeness (QED) is 0.875. The average molecular weight is 235 g/mol. The van der Waals surface area contributed by atoms with Crippen LogP contribution < -0.4 is 5.32 Å². The van der Waals surface area contributed by atoms with Crippen LogP contribution in [0, 0.1) is 18.7 Å². The molecule has 1 heterocycles. The number of hydrogen-bond acceptors (Lipinski definition) is 2. The van der Waals surface area contributed by atoms with Gasteiger partial charge in [0.1, 0.15) is 17.2 Å². The predicted octanol–water partition coefficient (Wildman–Crippen LogP) is 3.63. The summed E-state index contributed by atoms with van der Waals surface area (Å²) in [6.07, 6.45) is 0. The summed E-state index contributed by atoms with van der Waals surface area (Å²) in [5, 5.41) is 4.15. The molecule has 2 rings (SSSR count). The van der Waals surface area contributed by atoms with Crippen LogP contribution >= 0.6 is 0 Å². The summed E-state index contributed by atoms with van der Waals surface area (Å²) in [4.78, 5) is 0. The van der Waals surface area contributed by atoms with Crippen molar-refractivity contribution in [1.82, 2.24) is 5.32 Å². The van der Waals surface area contributed by atoms with E-state index in [2.05, 4.69) is 19.2 Å². The smallest absolute Gasteiger partial charge is 0.137 e. The highest BCUT2D eigenvalue weighted by molar-refractivity contribution is 5.81. The molecule has 0 spiro atoms. The first-order valence-corrected chi connectivity index (χ1v) is 5.95. The van der Waals surface area contributed by atoms with Crippen molar-refractivity contribution in [3.8, 4) is 0 Å². The van der Waals surface area contributed by atoms with Crippen molar-refractivity contribution < 1.29 is 8.81 Å². The summed E-state index contributed by atoms with van der Waals surface area (Å²) in [6.45, 7) is 7.81. The van der Waals surface area contributed by atoms with E-state index in [1.165, 1.54) is 12.1 Å². The van der Waals surface area contributed by atoms with Gasteiger partial charge in [-0.3, -0.25) is 0 Å². The van der Waals surface area contributed by atoms with Crippen LogP contribution in [0.1, 0.15) is 25.2 Å². The maximum Gasteiger partial charge on any atom is 0.137 e. The van der Waals surface area contributed by atoms with Gasteiger partial charge in [0.25, 0.3) is 0 Å². The Kier molecular flexibility index (Phi) is 3.48. The van der Waals surface area contributed by atoms with Crippen LogP contribution in [0.15, 0.2) is 22.6 Å². The van der Waals surface area contributed by atoms with Crippen molar-refractivity contribution in [1.29, 1.82) is 0 Å². The van der Waals surface area contributed by atoms with E-state index in [1.807, 2.05) is 13.0 Å². The van der Waals surface area contributed by atoms with Crippen molar-refractivity contribution in [2.75, 3.05) is 6.54 Å². The van der Waals surface area contributed by atoms with Gasteiger partial charge in [-0.15, -0.1) is 0 Å². The topological polar surface area (TPSA) is 25.2 Å². The molecule has 0 saturated carbocycles. The number of aryl methyl sites for hydroxylation is 1. The fourth-order valence-electron chi connectivity index (χ4n) is 1.91. The highest BCUT2D eigenvalue weighted by Gasteiger charge is 2.08. The third kappa shape index (κ3) is 2.86. The second-order valence-corrected chi connectivity index (χ2v) is 4.88. The Balaban J connectivity index is 2.17. The van der Waals surface area contributed by atoms with Gasteiger partial charge in [0.05, 0.1) is 6.54 Å². The van der Waals surface area contributed by atoms with Crippen LogP contribution in [0.2, 0.25) is 0 Å². The van der Waals surface area contributed by atoms with E-state index in [0.717, 1.165) is 28.8 Å². The monoisotopic (exact) mass is 235 g/mol. The molecule has 0 unspecified atom stereocenters. The van der Waals surface area contributed by atoms with Crippen molar-refractivity contribution in [2.45, 2.75) is 27.3 Å². The molecule has 0 aliphatic heterocycles. The minimum atomic E-state index is -0.211. The molecule has 0 atom stereocenters. The second kappa shape index (κ2) is 4.88. The summed E-state index contributed by atoms with van der Waals surface area (Å²) in [5.74, 6) is 1.25. The summed E-state index contributed by atoms with van der Waals surface area (Å²) in [5.41, 5.74) is 1.63. The zero-order valence-corrected chi connectivity index (χ0v) is 10.5. The lowest BCUT2D eigenvalue weighted by Crippen LogP contribution is -2.18. The molecule has 0 bridgehead atoms. The minimum absolute atomic E-state index is 0.211. The first-order chi connectivity index (χ1) is 8.06. The second-order valence-electron chi connectivity index (χ2n) is 4.88. The van der Waals surface area contributed by atoms with E-state index in [1.54, 1.807) is 0 Å². The van der Waals surface area contributed by atoms with E-state index >= 15 is 0 Å². The highest BCUT2D eigenvalue weighted by Crippen LogP contribution is 2.24. The average Bonchev–Trinajstić information content (AvgIpc) is 2.60. The molecule has 1 aromatic carbocycles. The molecule has 0 radical (unpaired) electrons. The van der Waals surface area contributed by atoms with Gasteiger partial charge >= 0.3 is 0 Å². The van der Waals surface area contributed by atoms with Crippen LogP contribution in [-0.4, -0.2) is 6.54 Å². The molecule has 0 saturated heterocycles. The van der Waals surface area contributed by atoms with E-state index in [-0.39, 0.29) is 5.82 Å². The number of rotatable bonds is 4. The minimum Gasteiger partial charge on any atom is -0.459 e. The number of benzene rings is 1. The maximum absolute atomic E-state index is 13.2. The molecule has 2 nitrogen and oxygen atoms in total. The van der Waals surface area contributed by atoms with Crippen molar-refractivity contribution >= 4 is 11.0 Å². The first kappa shape index (κ1) is 12.1. The highest BCUT2D eigenvalue weighted by atomic mass is 19.1. The molecule has 17 heavy (non-hydrogen) atoms. The van der Waals surface area contributed by atoms with E-state index in [9.17, 15) is 4.39 Å². The number of halogens is 1. The lowest BCUT2D eigenvalue weighted by molar-refractivity contribution is 0.484. The molecule has 92 valence electrons. The molecule has 0 aliphatic rings. The zero-order valence-electron chi connectivity index (χ0n) is 10.5. The van der Waals surface area contributed by atoms with Crippen molar-refractivity contribution in [3.05, 3.63) is 35.3 Å². The Morgan fingerprint density at radius 1 is 1.29 bits per heavy atom.